The molecular formula is C24H26FN3O2. The molecule has 6 heteroatoms. The second-order valence-corrected chi connectivity index (χ2v) is 6.11. The van der Waals surface area contributed by atoms with E-state index >= 15 is 0 Å². The maximum Gasteiger partial charge on any atom is 0.258 e. The van der Waals surface area contributed by atoms with Crippen LogP contribution in [0.1, 0.15) is 47.8 Å². The first-order chi connectivity index (χ1) is 14.5. The topological polar surface area (TPSA) is 64.1 Å². The molecule has 0 saturated carbocycles. The Morgan fingerprint density at radius 1 is 1.03 bits per heavy atom. The molecule has 5 nitrogen and oxygen atoms in total. The fourth-order valence-electron chi connectivity index (χ4n) is 2.81. The summed E-state index contributed by atoms with van der Waals surface area (Å²) in [6.45, 7) is 7.49. The highest BCUT2D eigenvalue weighted by atomic mass is 19.1. The van der Waals surface area contributed by atoms with Crippen molar-refractivity contribution < 1.29 is 13.9 Å². The fraction of sp³-hybridized carbons (Fsp3) is 0.208. The maximum atomic E-state index is 13.6. The molecule has 1 amide bonds. The molecule has 2 heterocycles. The average Bonchev–Trinajstić information content (AvgIpc) is 2.79. The Morgan fingerprint density at radius 3 is 2.27 bits per heavy atom. The van der Waals surface area contributed by atoms with Gasteiger partial charge in [0.05, 0.1) is 18.9 Å². The number of amides is 1. The van der Waals surface area contributed by atoms with Crippen molar-refractivity contribution in [3.63, 3.8) is 0 Å². The molecule has 30 heavy (non-hydrogen) atoms. The first-order valence-corrected chi connectivity index (χ1v) is 9.72. The number of nitrogens with one attached hydrogen (secondary N) is 1. The van der Waals surface area contributed by atoms with Crippen LogP contribution in [-0.2, 0) is 0 Å². The number of hydrogen-bond donors (Lipinski definition) is 1. The first kappa shape index (κ1) is 22.7. The zero-order valence-corrected chi connectivity index (χ0v) is 17.9. The molecule has 0 fully saturated rings. The molecule has 0 aliphatic rings. The summed E-state index contributed by atoms with van der Waals surface area (Å²) in [5, 5.41) is 2.67. The van der Waals surface area contributed by atoms with Crippen molar-refractivity contribution in [1.82, 2.24) is 9.97 Å². The minimum absolute atomic E-state index is 0.179. The standard InChI is InChI=1S/C22H20FN3O2.C2H6/c1-4-18(15-5-8-17(28-3)9-6-15)16-7-10-21(25-11-16)26-22(27)19-12-24-13-20(23)14(19)2;1-2/h4-13H,1-3H3,(H,25,26,27);1-2H3/b18-4-;. The Hall–Kier alpha value is -3.54. The van der Waals surface area contributed by atoms with Crippen molar-refractivity contribution in [3.05, 3.63) is 89.1 Å². The molecule has 0 aliphatic carbocycles. The second kappa shape index (κ2) is 10.9. The van der Waals surface area contributed by atoms with E-state index in [0.717, 1.165) is 28.6 Å². The maximum absolute atomic E-state index is 13.6. The van der Waals surface area contributed by atoms with Gasteiger partial charge in [0, 0.05) is 23.5 Å². The molecule has 3 rings (SSSR count). The van der Waals surface area contributed by atoms with E-state index in [9.17, 15) is 9.18 Å². The van der Waals surface area contributed by atoms with Crippen molar-refractivity contribution in [2.45, 2.75) is 27.7 Å². The van der Waals surface area contributed by atoms with Gasteiger partial charge in [0.15, 0.2) is 0 Å². The van der Waals surface area contributed by atoms with Crippen LogP contribution < -0.4 is 10.1 Å². The minimum atomic E-state index is -0.520. The zero-order valence-electron chi connectivity index (χ0n) is 17.9. The molecule has 1 aromatic carbocycles. The number of allylic oxidation sites excluding steroid dienone is 1. The van der Waals surface area contributed by atoms with Gasteiger partial charge in [0.25, 0.3) is 5.91 Å². The van der Waals surface area contributed by atoms with Crippen LogP contribution in [-0.4, -0.2) is 23.0 Å². The van der Waals surface area contributed by atoms with E-state index in [1.54, 1.807) is 19.4 Å². The van der Waals surface area contributed by atoms with E-state index in [1.807, 2.05) is 57.2 Å². The van der Waals surface area contributed by atoms with Gasteiger partial charge in [0.2, 0.25) is 0 Å². The highest BCUT2D eigenvalue weighted by Gasteiger charge is 2.13. The molecule has 0 atom stereocenters. The van der Waals surface area contributed by atoms with Crippen molar-refractivity contribution in [2.75, 3.05) is 12.4 Å². The molecule has 3 aromatic rings. The van der Waals surface area contributed by atoms with Crippen molar-refractivity contribution in [2.24, 2.45) is 0 Å². The van der Waals surface area contributed by atoms with E-state index in [4.69, 9.17) is 4.74 Å². The summed E-state index contributed by atoms with van der Waals surface area (Å²) in [5.74, 6) is 0.194. The summed E-state index contributed by atoms with van der Waals surface area (Å²) < 4.78 is 18.8. The fourth-order valence-corrected chi connectivity index (χ4v) is 2.81. The van der Waals surface area contributed by atoms with E-state index in [1.165, 1.54) is 13.1 Å². The quantitative estimate of drug-likeness (QED) is 0.592. The number of pyridine rings is 2. The molecule has 156 valence electrons. The number of carbonyl (C=O) groups is 1. The third-order valence-corrected chi connectivity index (χ3v) is 4.40. The Morgan fingerprint density at radius 2 is 1.70 bits per heavy atom. The minimum Gasteiger partial charge on any atom is -0.497 e. The molecule has 0 saturated heterocycles. The predicted octanol–water partition coefficient (Wildman–Crippen LogP) is 5.66. The lowest BCUT2D eigenvalue weighted by atomic mass is 9.99. The van der Waals surface area contributed by atoms with Crippen molar-refractivity contribution in [3.8, 4) is 5.75 Å². The van der Waals surface area contributed by atoms with Crippen LogP contribution in [0.4, 0.5) is 10.2 Å². The third-order valence-electron chi connectivity index (χ3n) is 4.40. The molecule has 0 aliphatic heterocycles. The molecule has 0 radical (unpaired) electrons. The summed E-state index contributed by atoms with van der Waals surface area (Å²) in [7, 11) is 1.63. The normalized spacial score (nSPS) is 10.7. The van der Waals surface area contributed by atoms with Crippen LogP contribution in [0, 0.1) is 12.7 Å². The monoisotopic (exact) mass is 407 g/mol. The molecule has 1 N–H and O–H groups in total. The lowest BCUT2D eigenvalue weighted by Crippen LogP contribution is -2.15. The Balaban J connectivity index is 0.00000155. The zero-order chi connectivity index (χ0) is 22.1. The van der Waals surface area contributed by atoms with E-state index in [0.29, 0.717) is 5.82 Å². The van der Waals surface area contributed by atoms with Gasteiger partial charge in [0.1, 0.15) is 17.4 Å². The van der Waals surface area contributed by atoms with Crippen molar-refractivity contribution >= 4 is 17.3 Å². The number of halogens is 1. The van der Waals surface area contributed by atoms with Gasteiger partial charge in [-0.2, -0.15) is 0 Å². The van der Waals surface area contributed by atoms with Gasteiger partial charge in [-0.1, -0.05) is 32.1 Å². The summed E-state index contributed by atoms with van der Waals surface area (Å²) >= 11 is 0. The van der Waals surface area contributed by atoms with Gasteiger partial charge in [-0.05, 0) is 49.2 Å². The van der Waals surface area contributed by atoms with E-state index in [2.05, 4.69) is 15.3 Å². The number of hydrogen-bond acceptors (Lipinski definition) is 4. The number of aromatic nitrogens is 2. The number of nitrogens with zero attached hydrogens (tertiary/aromatic N) is 2. The summed E-state index contributed by atoms with van der Waals surface area (Å²) in [6.07, 6.45) is 6.10. The molecular weight excluding hydrogens is 381 g/mol. The van der Waals surface area contributed by atoms with Gasteiger partial charge < -0.3 is 10.1 Å². The van der Waals surface area contributed by atoms with Gasteiger partial charge >= 0.3 is 0 Å². The number of ether oxygens (including phenoxy) is 1. The third kappa shape index (κ3) is 5.29. The largest absolute Gasteiger partial charge is 0.497 e. The molecule has 0 unspecified atom stereocenters. The van der Waals surface area contributed by atoms with Crippen LogP contribution in [0.2, 0.25) is 0 Å². The molecule has 0 spiro atoms. The average molecular weight is 407 g/mol. The lowest BCUT2D eigenvalue weighted by Gasteiger charge is -2.10. The Labute approximate surface area is 176 Å². The van der Waals surface area contributed by atoms with Crippen LogP contribution in [0.25, 0.3) is 5.57 Å². The van der Waals surface area contributed by atoms with Crippen LogP contribution in [0.5, 0.6) is 5.75 Å². The van der Waals surface area contributed by atoms with Gasteiger partial charge in [-0.25, -0.2) is 9.37 Å². The van der Waals surface area contributed by atoms with Crippen LogP contribution in [0.3, 0.4) is 0 Å². The first-order valence-electron chi connectivity index (χ1n) is 9.72. The van der Waals surface area contributed by atoms with E-state index in [-0.39, 0.29) is 11.1 Å². The highest BCUT2D eigenvalue weighted by Crippen LogP contribution is 2.25. The molecule has 2 aromatic heterocycles. The van der Waals surface area contributed by atoms with Gasteiger partial charge in [-0.3, -0.25) is 9.78 Å². The van der Waals surface area contributed by atoms with E-state index < -0.39 is 11.7 Å². The number of rotatable bonds is 5. The number of methoxy groups -OCH3 is 1. The Bertz CT molecular complexity index is 1010. The highest BCUT2D eigenvalue weighted by molar-refractivity contribution is 6.04. The number of anilines is 1. The number of benzene rings is 1. The Kier molecular flexibility index (Phi) is 8.23. The molecule has 0 bridgehead atoms. The lowest BCUT2D eigenvalue weighted by molar-refractivity contribution is 0.102. The number of carbonyl (C=O) groups excluding carboxylic acids is 1. The summed E-state index contributed by atoms with van der Waals surface area (Å²) in [5.41, 5.74) is 3.38. The second-order valence-electron chi connectivity index (χ2n) is 6.11. The van der Waals surface area contributed by atoms with Gasteiger partial charge in [-0.15, -0.1) is 0 Å². The summed E-state index contributed by atoms with van der Waals surface area (Å²) in [6, 6.07) is 11.3. The van der Waals surface area contributed by atoms with Crippen LogP contribution in [0.15, 0.2) is 61.1 Å². The SMILES string of the molecule is C/C=C(/c1ccc(OC)cc1)c1ccc(NC(=O)c2cncc(F)c2C)nc1.CC. The smallest absolute Gasteiger partial charge is 0.258 e. The summed E-state index contributed by atoms with van der Waals surface area (Å²) in [4.78, 5) is 20.4. The predicted molar refractivity (Wildman–Crippen MR) is 118 cm³/mol. The van der Waals surface area contributed by atoms with Crippen LogP contribution >= 0.6 is 0 Å². The van der Waals surface area contributed by atoms with Crippen molar-refractivity contribution in [1.29, 1.82) is 0 Å².